The molecule has 7 heteroatoms. The first kappa shape index (κ1) is 12.3. The Morgan fingerprint density at radius 2 is 2.19 bits per heavy atom. The largest absolute Gasteiger partial charge is 0.363 e. The number of sulfonamides is 1. The van der Waals surface area contributed by atoms with Gasteiger partial charge in [0, 0.05) is 0 Å². The standard InChI is InChI=1S/C9H12ClNO3S2/c1-9(2)5-14-6-11(9)16(12,13)8-4-3-7(10)15-8/h3-4H,5-6H2,1-2H3. The van der Waals surface area contributed by atoms with Gasteiger partial charge in [-0.1, -0.05) is 11.6 Å². The lowest BCUT2D eigenvalue weighted by atomic mass is 10.1. The van der Waals surface area contributed by atoms with E-state index in [0.29, 0.717) is 10.9 Å². The molecule has 0 N–H and O–H groups in total. The van der Waals surface area contributed by atoms with Crippen LogP contribution >= 0.6 is 22.9 Å². The average Bonchev–Trinajstić information content (AvgIpc) is 2.71. The van der Waals surface area contributed by atoms with Crippen molar-refractivity contribution in [3.05, 3.63) is 16.5 Å². The highest BCUT2D eigenvalue weighted by atomic mass is 35.5. The van der Waals surface area contributed by atoms with Gasteiger partial charge in [-0.2, -0.15) is 4.31 Å². The Bertz CT molecular complexity index is 495. The fraction of sp³-hybridized carbons (Fsp3) is 0.556. The van der Waals surface area contributed by atoms with Gasteiger partial charge in [-0.15, -0.1) is 11.3 Å². The summed E-state index contributed by atoms with van der Waals surface area (Å²) in [6.45, 7) is 4.19. The van der Waals surface area contributed by atoms with Crippen molar-refractivity contribution >= 4 is 33.0 Å². The molecule has 4 nitrogen and oxygen atoms in total. The number of ether oxygens (including phenoxy) is 1. The van der Waals surface area contributed by atoms with Crippen molar-refractivity contribution in [2.45, 2.75) is 23.6 Å². The second kappa shape index (κ2) is 3.96. The van der Waals surface area contributed by atoms with Gasteiger partial charge in [0.15, 0.2) is 0 Å². The molecule has 0 radical (unpaired) electrons. The molecule has 0 saturated carbocycles. The van der Waals surface area contributed by atoms with Gasteiger partial charge in [0.2, 0.25) is 0 Å². The zero-order valence-corrected chi connectivity index (χ0v) is 11.3. The van der Waals surface area contributed by atoms with E-state index < -0.39 is 15.6 Å². The third kappa shape index (κ3) is 2.00. The molecule has 16 heavy (non-hydrogen) atoms. The summed E-state index contributed by atoms with van der Waals surface area (Å²) < 4.78 is 31.8. The fourth-order valence-electron chi connectivity index (χ4n) is 1.56. The molecule has 1 aromatic heterocycles. The molecule has 1 saturated heterocycles. The van der Waals surface area contributed by atoms with Crippen molar-refractivity contribution < 1.29 is 13.2 Å². The molecule has 2 heterocycles. The van der Waals surface area contributed by atoms with Gasteiger partial charge >= 0.3 is 0 Å². The number of rotatable bonds is 2. The molecule has 90 valence electrons. The van der Waals surface area contributed by atoms with Crippen LogP contribution in [-0.2, 0) is 14.8 Å². The molecule has 1 aliphatic heterocycles. The first-order valence-electron chi connectivity index (χ1n) is 4.70. The maximum absolute atomic E-state index is 12.3. The summed E-state index contributed by atoms with van der Waals surface area (Å²) in [5.41, 5.74) is -0.505. The maximum Gasteiger partial charge on any atom is 0.255 e. The fourth-order valence-corrected chi connectivity index (χ4v) is 4.81. The number of hydrogen-bond donors (Lipinski definition) is 0. The number of halogens is 1. The van der Waals surface area contributed by atoms with Gasteiger partial charge < -0.3 is 4.74 Å². The summed E-state index contributed by atoms with van der Waals surface area (Å²) in [5, 5.41) is 0. The van der Waals surface area contributed by atoms with Crippen LogP contribution < -0.4 is 0 Å². The van der Waals surface area contributed by atoms with Crippen molar-refractivity contribution in [3.8, 4) is 0 Å². The van der Waals surface area contributed by atoms with E-state index in [2.05, 4.69) is 0 Å². The smallest absolute Gasteiger partial charge is 0.255 e. The van der Waals surface area contributed by atoms with Gasteiger partial charge in [0.1, 0.15) is 10.9 Å². The first-order chi connectivity index (χ1) is 7.34. The van der Waals surface area contributed by atoms with Crippen molar-refractivity contribution in [3.63, 3.8) is 0 Å². The molecule has 0 atom stereocenters. The summed E-state index contributed by atoms with van der Waals surface area (Å²) in [4.78, 5) is 0. The van der Waals surface area contributed by atoms with Crippen LogP contribution in [0, 0.1) is 0 Å². The van der Waals surface area contributed by atoms with E-state index >= 15 is 0 Å². The Morgan fingerprint density at radius 3 is 2.62 bits per heavy atom. The number of hydrogen-bond acceptors (Lipinski definition) is 4. The summed E-state index contributed by atoms with van der Waals surface area (Å²) in [6, 6.07) is 3.11. The van der Waals surface area contributed by atoms with Gasteiger partial charge in [-0.05, 0) is 26.0 Å². The van der Waals surface area contributed by atoms with Crippen LogP contribution in [0.2, 0.25) is 4.34 Å². The number of thiophene rings is 1. The van der Waals surface area contributed by atoms with E-state index in [-0.39, 0.29) is 10.9 Å². The van der Waals surface area contributed by atoms with Crippen LogP contribution in [0.15, 0.2) is 16.3 Å². The highest BCUT2D eigenvalue weighted by Crippen LogP contribution is 2.33. The second-order valence-corrected chi connectivity index (χ2v) is 8.01. The Balaban J connectivity index is 2.40. The molecule has 1 aliphatic rings. The van der Waals surface area contributed by atoms with Crippen molar-refractivity contribution in [2.24, 2.45) is 0 Å². The predicted octanol–water partition coefficient (Wildman–Crippen LogP) is 2.16. The molecule has 1 aromatic rings. The molecule has 0 spiro atoms. The minimum atomic E-state index is -3.48. The highest BCUT2D eigenvalue weighted by Gasteiger charge is 2.42. The Morgan fingerprint density at radius 1 is 1.50 bits per heavy atom. The molecular weight excluding hydrogens is 270 g/mol. The molecule has 0 bridgehead atoms. The maximum atomic E-state index is 12.3. The molecular formula is C9H12ClNO3S2. The molecule has 0 amide bonds. The van der Waals surface area contributed by atoms with E-state index in [1.807, 2.05) is 13.8 Å². The van der Waals surface area contributed by atoms with Crippen LogP contribution in [-0.4, -0.2) is 31.6 Å². The van der Waals surface area contributed by atoms with E-state index in [1.54, 1.807) is 6.07 Å². The van der Waals surface area contributed by atoms with E-state index in [9.17, 15) is 8.42 Å². The summed E-state index contributed by atoms with van der Waals surface area (Å²) in [5.74, 6) is 0. The van der Waals surface area contributed by atoms with Crippen LogP contribution in [0.4, 0.5) is 0 Å². The zero-order valence-electron chi connectivity index (χ0n) is 8.94. The first-order valence-corrected chi connectivity index (χ1v) is 7.33. The molecule has 0 unspecified atom stereocenters. The Labute approximate surface area is 104 Å². The monoisotopic (exact) mass is 281 g/mol. The zero-order chi connectivity index (χ0) is 12.0. The molecule has 1 fully saturated rings. The summed E-state index contributed by atoms with van der Waals surface area (Å²) >= 11 is 6.81. The van der Waals surface area contributed by atoms with Gasteiger partial charge in [-0.3, -0.25) is 0 Å². The van der Waals surface area contributed by atoms with Crippen molar-refractivity contribution in [2.75, 3.05) is 13.3 Å². The molecule has 0 aromatic carbocycles. The van der Waals surface area contributed by atoms with Crippen molar-refractivity contribution in [1.29, 1.82) is 0 Å². The normalized spacial score (nSPS) is 21.4. The Hall–Kier alpha value is -0.140. The van der Waals surface area contributed by atoms with Crippen LogP contribution in [0.1, 0.15) is 13.8 Å². The van der Waals surface area contributed by atoms with E-state index in [1.165, 1.54) is 10.4 Å². The predicted molar refractivity (Wildman–Crippen MR) is 63.3 cm³/mol. The van der Waals surface area contributed by atoms with E-state index in [4.69, 9.17) is 16.3 Å². The lowest BCUT2D eigenvalue weighted by molar-refractivity contribution is 0.171. The quantitative estimate of drug-likeness (QED) is 0.835. The highest BCUT2D eigenvalue weighted by molar-refractivity contribution is 7.91. The minimum absolute atomic E-state index is 0.102. The van der Waals surface area contributed by atoms with Crippen LogP contribution in [0.25, 0.3) is 0 Å². The lowest BCUT2D eigenvalue weighted by Crippen LogP contribution is -2.43. The molecule has 2 rings (SSSR count). The van der Waals surface area contributed by atoms with Gasteiger partial charge in [0.25, 0.3) is 10.0 Å². The third-order valence-electron chi connectivity index (χ3n) is 2.43. The van der Waals surface area contributed by atoms with Crippen LogP contribution in [0.5, 0.6) is 0 Å². The van der Waals surface area contributed by atoms with Gasteiger partial charge in [-0.25, -0.2) is 8.42 Å². The molecule has 0 aliphatic carbocycles. The van der Waals surface area contributed by atoms with Gasteiger partial charge in [0.05, 0.1) is 16.5 Å². The van der Waals surface area contributed by atoms with Crippen LogP contribution in [0.3, 0.4) is 0 Å². The minimum Gasteiger partial charge on any atom is -0.363 e. The topological polar surface area (TPSA) is 46.6 Å². The number of nitrogens with zero attached hydrogens (tertiary/aromatic N) is 1. The SMILES string of the molecule is CC1(C)COCN1S(=O)(=O)c1ccc(Cl)s1. The summed E-state index contributed by atoms with van der Waals surface area (Å²) in [7, 11) is -3.48. The summed E-state index contributed by atoms with van der Waals surface area (Å²) in [6.07, 6.45) is 0. The second-order valence-electron chi connectivity index (χ2n) is 4.20. The van der Waals surface area contributed by atoms with Crippen molar-refractivity contribution in [1.82, 2.24) is 4.31 Å². The lowest BCUT2D eigenvalue weighted by Gasteiger charge is -2.27. The Kier molecular flexibility index (Phi) is 3.05. The average molecular weight is 282 g/mol. The third-order valence-corrected chi connectivity index (χ3v) is 6.16. The van der Waals surface area contributed by atoms with E-state index in [0.717, 1.165) is 11.3 Å².